The van der Waals surface area contributed by atoms with Crippen LogP contribution in [0.1, 0.15) is 23.9 Å². The molecule has 1 amide bonds. The van der Waals surface area contributed by atoms with Gasteiger partial charge in [0, 0.05) is 22.6 Å². The number of benzene rings is 2. The maximum Gasteiger partial charge on any atom is 0.259 e. The number of aryl methyl sites for hydroxylation is 1. The van der Waals surface area contributed by atoms with Crippen LogP contribution in [0.15, 0.2) is 59.7 Å². The van der Waals surface area contributed by atoms with E-state index in [0.29, 0.717) is 12.4 Å². The Balaban J connectivity index is 1.62. The molecule has 0 aliphatic carbocycles. The molecule has 0 bridgehead atoms. The molecular weight excluding hydrogens is 392 g/mol. The van der Waals surface area contributed by atoms with Crippen molar-refractivity contribution in [3.63, 3.8) is 0 Å². The molecule has 0 radical (unpaired) electrons. The largest absolute Gasteiger partial charge is 0.495 e. The number of hydrogen-bond acceptors (Lipinski definition) is 5. The fourth-order valence-corrected chi connectivity index (χ4v) is 3.35. The van der Waals surface area contributed by atoms with Crippen LogP contribution in [0.25, 0.3) is 5.69 Å². The Labute approximate surface area is 182 Å². The normalized spacial score (nSPS) is 10.8. The minimum absolute atomic E-state index is 0.0862. The Morgan fingerprint density at radius 1 is 1.13 bits per heavy atom. The lowest BCUT2D eigenvalue weighted by atomic mass is 10.2. The van der Waals surface area contributed by atoms with E-state index in [0.717, 1.165) is 34.1 Å². The number of carbonyl (C=O) groups is 1. The first-order valence-electron chi connectivity index (χ1n) is 10.1. The molecule has 0 aliphatic heterocycles. The molecular formula is C24H28N4O3. The standard InChI is InChI=1S/C24H28N4O3/c1-5-31-21-12-10-20(11-13-21)28-17(2)14-19(18(28)3)15-26-27-24(29)16-25-22-8-6-7-9-23(22)30-4/h6-15,25H,5,16H2,1-4H3,(H,27,29)/b26-15-. The smallest absolute Gasteiger partial charge is 0.259 e. The van der Waals surface area contributed by atoms with Crippen LogP contribution >= 0.6 is 0 Å². The summed E-state index contributed by atoms with van der Waals surface area (Å²) in [6.07, 6.45) is 1.66. The minimum Gasteiger partial charge on any atom is -0.495 e. The number of anilines is 1. The van der Waals surface area contributed by atoms with Gasteiger partial charge >= 0.3 is 0 Å². The van der Waals surface area contributed by atoms with Crippen LogP contribution in [0.2, 0.25) is 0 Å². The molecule has 2 N–H and O–H groups in total. The van der Waals surface area contributed by atoms with Crippen molar-refractivity contribution in [2.45, 2.75) is 20.8 Å². The van der Waals surface area contributed by atoms with Crippen molar-refractivity contribution in [1.29, 1.82) is 0 Å². The van der Waals surface area contributed by atoms with E-state index in [1.165, 1.54) is 0 Å². The number of amides is 1. The van der Waals surface area contributed by atoms with E-state index in [-0.39, 0.29) is 12.5 Å². The average Bonchev–Trinajstić information content (AvgIpc) is 3.06. The number of hydrogen-bond donors (Lipinski definition) is 2. The summed E-state index contributed by atoms with van der Waals surface area (Å²) in [5.41, 5.74) is 7.40. The van der Waals surface area contributed by atoms with Gasteiger partial charge in [0.2, 0.25) is 0 Å². The van der Waals surface area contributed by atoms with Crippen LogP contribution in [0.4, 0.5) is 5.69 Å². The molecule has 7 heteroatoms. The average molecular weight is 421 g/mol. The lowest BCUT2D eigenvalue weighted by Crippen LogP contribution is -2.26. The van der Waals surface area contributed by atoms with Crippen LogP contribution < -0.4 is 20.2 Å². The minimum atomic E-state index is -0.248. The molecule has 0 saturated heterocycles. The van der Waals surface area contributed by atoms with Crippen molar-refractivity contribution in [2.75, 3.05) is 25.6 Å². The van der Waals surface area contributed by atoms with E-state index < -0.39 is 0 Å². The Morgan fingerprint density at radius 3 is 2.58 bits per heavy atom. The first-order chi connectivity index (χ1) is 15.0. The lowest BCUT2D eigenvalue weighted by Gasteiger charge is -2.11. The fourth-order valence-electron chi connectivity index (χ4n) is 3.35. The second-order valence-electron chi connectivity index (χ2n) is 6.94. The predicted molar refractivity (Wildman–Crippen MR) is 124 cm³/mol. The number of nitrogens with one attached hydrogen (secondary N) is 2. The highest BCUT2D eigenvalue weighted by Gasteiger charge is 2.10. The van der Waals surface area contributed by atoms with Gasteiger partial charge in [-0.3, -0.25) is 4.79 Å². The third-order valence-electron chi connectivity index (χ3n) is 4.82. The summed E-state index contributed by atoms with van der Waals surface area (Å²) < 4.78 is 12.9. The molecule has 0 atom stereocenters. The molecule has 1 aromatic heterocycles. The number of hydrazone groups is 1. The molecule has 0 spiro atoms. The molecule has 0 saturated carbocycles. The molecule has 3 aromatic rings. The number of para-hydroxylation sites is 2. The highest BCUT2D eigenvalue weighted by atomic mass is 16.5. The molecule has 0 unspecified atom stereocenters. The monoisotopic (exact) mass is 420 g/mol. The highest BCUT2D eigenvalue weighted by Crippen LogP contribution is 2.23. The Hall–Kier alpha value is -3.74. The third-order valence-corrected chi connectivity index (χ3v) is 4.82. The first kappa shape index (κ1) is 22.0. The van der Waals surface area contributed by atoms with E-state index >= 15 is 0 Å². The zero-order chi connectivity index (χ0) is 22.2. The maximum atomic E-state index is 12.1. The van der Waals surface area contributed by atoms with Crippen LogP contribution in [0, 0.1) is 13.8 Å². The number of nitrogens with zero attached hydrogens (tertiary/aromatic N) is 2. The molecule has 0 aliphatic rings. The summed E-state index contributed by atoms with van der Waals surface area (Å²) in [5, 5.41) is 7.16. The second kappa shape index (κ2) is 10.3. The molecule has 2 aromatic carbocycles. The van der Waals surface area contributed by atoms with Gasteiger partial charge < -0.3 is 19.4 Å². The van der Waals surface area contributed by atoms with Crippen molar-refractivity contribution in [1.82, 2.24) is 9.99 Å². The predicted octanol–water partition coefficient (Wildman–Crippen LogP) is 4.06. The number of methoxy groups -OCH3 is 1. The summed E-state index contributed by atoms with van der Waals surface area (Å²) >= 11 is 0. The zero-order valence-electron chi connectivity index (χ0n) is 18.3. The van der Waals surface area contributed by atoms with Crippen LogP contribution in [0.3, 0.4) is 0 Å². The van der Waals surface area contributed by atoms with Crippen molar-refractivity contribution in [3.05, 3.63) is 71.5 Å². The zero-order valence-corrected chi connectivity index (χ0v) is 18.3. The van der Waals surface area contributed by atoms with Gasteiger partial charge in [-0.25, -0.2) is 5.43 Å². The maximum absolute atomic E-state index is 12.1. The van der Waals surface area contributed by atoms with E-state index in [1.54, 1.807) is 13.3 Å². The number of rotatable bonds is 9. The molecule has 0 fully saturated rings. The summed E-state index contributed by atoms with van der Waals surface area (Å²) in [6.45, 7) is 6.75. The fraction of sp³-hybridized carbons (Fsp3) is 0.250. The van der Waals surface area contributed by atoms with Crippen LogP contribution in [0.5, 0.6) is 11.5 Å². The SMILES string of the molecule is CCOc1ccc(-n2c(C)cc(/C=N\NC(=O)CNc3ccccc3OC)c2C)cc1. The summed E-state index contributed by atoms with van der Waals surface area (Å²) in [4.78, 5) is 12.1. The lowest BCUT2D eigenvalue weighted by molar-refractivity contribution is -0.119. The molecule has 3 rings (SSSR count). The van der Waals surface area contributed by atoms with E-state index in [9.17, 15) is 4.79 Å². The summed E-state index contributed by atoms with van der Waals surface area (Å²) in [7, 11) is 1.59. The van der Waals surface area contributed by atoms with E-state index in [4.69, 9.17) is 9.47 Å². The third kappa shape index (κ3) is 5.45. The van der Waals surface area contributed by atoms with Crippen molar-refractivity contribution in [2.24, 2.45) is 5.10 Å². The van der Waals surface area contributed by atoms with Crippen molar-refractivity contribution >= 4 is 17.8 Å². The van der Waals surface area contributed by atoms with Gasteiger partial charge in [0.05, 0.1) is 32.2 Å². The van der Waals surface area contributed by atoms with Gasteiger partial charge in [0.15, 0.2) is 0 Å². The number of aromatic nitrogens is 1. The quantitative estimate of drug-likeness (QED) is 0.404. The number of carbonyl (C=O) groups excluding carboxylic acids is 1. The van der Waals surface area contributed by atoms with E-state index in [2.05, 4.69) is 20.4 Å². The van der Waals surface area contributed by atoms with Gasteiger partial charge in [-0.1, -0.05) is 12.1 Å². The second-order valence-corrected chi connectivity index (χ2v) is 6.94. The van der Waals surface area contributed by atoms with Crippen LogP contribution in [-0.4, -0.2) is 37.0 Å². The Kier molecular flexibility index (Phi) is 7.32. The van der Waals surface area contributed by atoms with Gasteiger partial charge in [0.25, 0.3) is 5.91 Å². The Bertz CT molecular complexity index is 1060. The highest BCUT2D eigenvalue weighted by molar-refractivity contribution is 5.85. The van der Waals surface area contributed by atoms with Crippen LogP contribution in [-0.2, 0) is 4.79 Å². The van der Waals surface area contributed by atoms with Crippen molar-refractivity contribution < 1.29 is 14.3 Å². The Morgan fingerprint density at radius 2 is 1.87 bits per heavy atom. The molecule has 7 nitrogen and oxygen atoms in total. The van der Waals surface area contributed by atoms with Gasteiger partial charge in [-0.05, 0) is 63.2 Å². The first-order valence-corrected chi connectivity index (χ1v) is 10.1. The van der Waals surface area contributed by atoms with Gasteiger partial charge in [-0.15, -0.1) is 0 Å². The van der Waals surface area contributed by atoms with E-state index in [1.807, 2.05) is 75.4 Å². The topological polar surface area (TPSA) is 76.9 Å². The molecule has 162 valence electrons. The summed E-state index contributed by atoms with van der Waals surface area (Å²) in [5.74, 6) is 1.28. The molecule has 31 heavy (non-hydrogen) atoms. The number of ether oxygens (including phenoxy) is 2. The van der Waals surface area contributed by atoms with Gasteiger partial charge in [-0.2, -0.15) is 5.10 Å². The van der Waals surface area contributed by atoms with Gasteiger partial charge in [0.1, 0.15) is 11.5 Å². The molecule has 1 heterocycles. The van der Waals surface area contributed by atoms with Crippen molar-refractivity contribution in [3.8, 4) is 17.2 Å². The summed E-state index contributed by atoms with van der Waals surface area (Å²) in [6, 6.07) is 17.4.